The number of benzene rings is 1. The molecule has 0 aliphatic heterocycles. The van der Waals surface area contributed by atoms with Crippen molar-refractivity contribution in [1.82, 2.24) is 24.6 Å². The van der Waals surface area contributed by atoms with Crippen molar-refractivity contribution in [2.75, 3.05) is 5.75 Å². The van der Waals surface area contributed by atoms with Crippen LogP contribution >= 0.6 is 11.8 Å². The van der Waals surface area contributed by atoms with E-state index in [2.05, 4.69) is 36.0 Å². The minimum Gasteiger partial charge on any atom is -0.333 e. The first-order valence-electron chi connectivity index (χ1n) is 9.13. The third-order valence-corrected chi connectivity index (χ3v) is 5.40. The largest absolute Gasteiger partial charge is 0.333 e. The first-order chi connectivity index (χ1) is 13.4. The first-order valence-corrected chi connectivity index (χ1v) is 10.1. The van der Waals surface area contributed by atoms with Crippen molar-refractivity contribution in [2.24, 2.45) is 7.05 Å². The van der Waals surface area contributed by atoms with Crippen molar-refractivity contribution in [3.63, 3.8) is 0 Å². The monoisotopic (exact) mass is 395 g/mol. The maximum atomic E-state index is 13.0. The quantitative estimate of drug-likeness (QED) is 0.594. The summed E-state index contributed by atoms with van der Waals surface area (Å²) < 4.78 is 1.91. The van der Waals surface area contributed by atoms with Crippen molar-refractivity contribution in [2.45, 2.75) is 38.0 Å². The van der Waals surface area contributed by atoms with Crippen LogP contribution in [0.3, 0.4) is 0 Å². The summed E-state index contributed by atoms with van der Waals surface area (Å²) in [5.41, 5.74) is 1.80. The summed E-state index contributed by atoms with van der Waals surface area (Å²) in [7, 11) is 1.91. The standard InChI is InChI=1S/C21H25N5OS/c1-21(2,3)26(14-16-8-6-5-7-9-16)18(27)15-28-20-24-23-19(25(20)4)17-10-12-22-13-11-17/h5-13H,14-15H2,1-4H3. The van der Waals surface area contributed by atoms with Gasteiger partial charge in [0.2, 0.25) is 5.91 Å². The second-order valence-corrected chi connectivity index (χ2v) is 8.47. The molecule has 7 heteroatoms. The zero-order chi connectivity index (χ0) is 20.1. The maximum Gasteiger partial charge on any atom is 0.233 e. The molecule has 0 spiro atoms. The van der Waals surface area contributed by atoms with Crippen LogP contribution in [-0.4, -0.2) is 41.8 Å². The van der Waals surface area contributed by atoms with Crippen LogP contribution in [0.5, 0.6) is 0 Å². The van der Waals surface area contributed by atoms with E-state index in [1.165, 1.54) is 11.8 Å². The van der Waals surface area contributed by atoms with Crippen LogP contribution in [0.4, 0.5) is 0 Å². The van der Waals surface area contributed by atoms with Gasteiger partial charge in [0.15, 0.2) is 11.0 Å². The Morgan fingerprint density at radius 3 is 2.39 bits per heavy atom. The highest BCUT2D eigenvalue weighted by Gasteiger charge is 2.27. The average Bonchev–Trinajstić information content (AvgIpc) is 3.05. The van der Waals surface area contributed by atoms with Gasteiger partial charge < -0.3 is 9.47 Å². The fourth-order valence-corrected chi connectivity index (χ4v) is 3.65. The molecule has 28 heavy (non-hydrogen) atoms. The Kier molecular flexibility index (Phi) is 6.14. The van der Waals surface area contributed by atoms with Crippen LogP contribution in [0.2, 0.25) is 0 Å². The highest BCUT2D eigenvalue weighted by molar-refractivity contribution is 7.99. The van der Waals surface area contributed by atoms with Gasteiger partial charge >= 0.3 is 0 Å². The van der Waals surface area contributed by atoms with E-state index in [9.17, 15) is 4.79 Å². The smallest absolute Gasteiger partial charge is 0.233 e. The number of thioether (sulfide) groups is 1. The molecular formula is C21H25N5OS. The molecule has 0 aliphatic carbocycles. The second-order valence-electron chi connectivity index (χ2n) is 7.53. The molecule has 2 aromatic heterocycles. The average molecular weight is 396 g/mol. The number of rotatable bonds is 6. The molecule has 3 aromatic rings. The zero-order valence-corrected chi connectivity index (χ0v) is 17.5. The predicted molar refractivity (Wildman–Crippen MR) is 112 cm³/mol. The first kappa shape index (κ1) is 20.1. The molecule has 6 nitrogen and oxygen atoms in total. The van der Waals surface area contributed by atoms with E-state index in [-0.39, 0.29) is 11.4 Å². The lowest BCUT2D eigenvalue weighted by Crippen LogP contribution is -2.45. The lowest BCUT2D eigenvalue weighted by Gasteiger charge is -2.36. The molecule has 0 N–H and O–H groups in total. The van der Waals surface area contributed by atoms with Crippen LogP contribution in [0.25, 0.3) is 11.4 Å². The van der Waals surface area contributed by atoms with Crippen molar-refractivity contribution >= 4 is 17.7 Å². The van der Waals surface area contributed by atoms with Gasteiger partial charge in [0, 0.05) is 37.1 Å². The highest BCUT2D eigenvalue weighted by Crippen LogP contribution is 2.24. The lowest BCUT2D eigenvalue weighted by molar-refractivity contribution is -0.133. The molecule has 0 bridgehead atoms. The molecule has 0 aliphatic rings. The summed E-state index contributed by atoms with van der Waals surface area (Å²) in [6, 6.07) is 13.9. The van der Waals surface area contributed by atoms with Crippen molar-refractivity contribution in [3.8, 4) is 11.4 Å². The van der Waals surface area contributed by atoms with E-state index in [4.69, 9.17) is 0 Å². The van der Waals surface area contributed by atoms with E-state index in [1.54, 1.807) is 12.4 Å². The molecule has 0 atom stereocenters. The Labute approximate surface area is 170 Å². The number of hydrogen-bond acceptors (Lipinski definition) is 5. The number of hydrogen-bond donors (Lipinski definition) is 0. The van der Waals surface area contributed by atoms with E-state index in [0.717, 1.165) is 17.0 Å². The van der Waals surface area contributed by atoms with Gasteiger partial charge in [-0.2, -0.15) is 0 Å². The molecule has 0 radical (unpaired) electrons. The van der Waals surface area contributed by atoms with Crippen LogP contribution in [-0.2, 0) is 18.4 Å². The lowest BCUT2D eigenvalue weighted by atomic mass is 10.0. The molecule has 2 heterocycles. The summed E-state index contributed by atoms with van der Waals surface area (Å²) in [5.74, 6) is 1.15. The SMILES string of the molecule is Cn1c(SCC(=O)N(Cc2ccccc2)C(C)(C)C)nnc1-c1ccncc1. The third kappa shape index (κ3) is 4.78. The van der Waals surface area contributed by atoms with E-state index in [0.29, 0.717) is 17.5 Å². The van der Waals surface area contributed by atoms with Crippen LogP contribution in [0, 0.1) is 0 Å². The topological polar surface area (TPSA) is 63.9 Å². The van der Waals surface area contributed by atoms with E-state index >= 15 is 0 Å². The Morgan fingerprint density at radius 2 is 1.75 bits per heavy atom. The van der Waals surface area contributed by atoms with Crippen molar-refractivity contribution < 1.29 is 4.79 Å². The molecule has 146 valence electrons. The Bertz CT molecular complexity index is 919. The molecule has 0 unspecified atom stereocenters. The van der Waals surface area contributed by atoms with Gasteiger partial charge in [-0.3, -0.25) is 9.78 Å². The summed E-state index contributed by atoms with van der Waals surface area (Å²) in [4.78, 5) is 18.9. The van der Waals surface area contributed by atoms with Crippen LogP contribution < -0.4 is 0 Å². The van der Waals surface area contributed by atoms with Crippen molar-refractivity contribution in [1.29, 1.82) is 0 Å². The summed E-state index contributed by atoms with van der Waals surface area (Å²) in [5, 5.41) is 9.24. The Hall–Kier alpha value is -2.67. The highest BCUT2D eigenvalue weighted by atomic mass is 32.2. The van der Waals surface area contributed by atoms with E-state index in [1.807, 2.05) is 59.0 Å². The summed E-state index contributed by atoms with van der Waals surface area (Å²) in [6.07, 6.45) is 3.45. The number of carbonyl (C=O) groups excluding carboxylic acids is 1. The minimum absolute atomic E-state index is 0.0785. The number of pyridine rings is 1. The second kappa shape index (κ2) is 8.56. The summed E-state index contributed by atoms with van der Waals surface area (Å²) >= 11 is 1.41. The zero-order valence-electron chi connectivity index (χ0n) is 16.7. The number of nitrogens with zero attached hydrogens (tertiary/aromatic N) is 5. The molecule has 0 saturated heterocycles. The van der Waals surface area contributed by atoms with Crippen molar-refractivity contribution in [3.05, 3.63) is 60.4 Å². The normalized spacial score (nSPS) is 11.4. The van der Waals surface area contributed by atoms with Gasteiger partial charge in [0.05, 0.1) is 5.75 Å². The molecule has 0 saturated carbocycles. The number of carbonyl (C=O) groups is 1. The van der Waals surface area contributed by atoms with Gasteiger partial charge in [0.1, 0.15) is 0 Å². The van der Waals surface area contributed by atoms with Crippen LogP contribution in [0.15, 0.2) is 60.0 Å². The van der Waals surface area contributed by atoms with Gasteiger partial charge in [-0.15, -0.1) is 10.2 Å². The predicted octanol–water partition coefficient (Wildman–Crippen LogP) is 3.80. The van der Waals surface area contributed by atoms with Crippen LogP contribution in [0.1, 0.15) is 26.3 Å². The number of aromatic nitrogens is 4. The fraction of sp³-hybridized carbons (Fsp3) is 0.333. The van der Waals surface area contributed by atoms with Gasteiger partial charge in [-0.1, -0.05) is 42.1 Å². The fourth-order valence-electron chi connectivity index (χ4n) is 2.86. The molecule has 1 aromatic carbocycles. The maximum absolute atomic E-state index is 13.0. The Balaban J connectivity index is 1.70. The Morgan fingerprint density at radius 1 is 1.07 bits per heavy atom. The molecule has 1 amide bonds. The molecule has 3 rings (SSSR count). The number of amides is 1. The minimum atomic E-state index is -0.268. The van der Waals surface area contributed by atoms with E-state index < -0.39 is 0 Å². The summed E-state index contributed by atoms with van der Waals surface area (Å²) in [6.45, 7) is 6.76. The molecule has 0 fully saturated rings. The third-order valence-electron chi connectivity index (χ3n) is 4.39. The van der Waals surface area contributed by atoms with Gasteiger partial charge in [-0.25, -0.2) is 0 Å². The van der Waals surface area contributed by atoms with Gasteiger partial charge in [-0.05, 0) is 38.5 Å². The molecular weight excluding hydrogens is 370 g/mol. The van der Waals surface area contributed by atoms with Gasteiger partial charge in [0.25, 0.3) is 0 Å².